The molecule has 0 aliphatic heterocycles. The molecular weight excluding hydrogens is 402 g/mol. The Morgan fingerprint density at radius 1 is 0.897 bits per heavy atom. The number of ether oxygens (including phenoxy) is 1. The molecule has 1 unspecified atom stereocenters. The molecule has 0 bridgehead atoms. The normalized spacial score (nSPS) is 11.5. The fourth-order valence-electron chi connectivity index (χ4n) is 2.66. The molecule has 4 nitrogen and oxygen atoms in total. The highest BCUT2D eigenvalue weighted by atomic mass is 32.2. The Morgan fingerprint density at radius 2 is 1.52 bits per heavy atom. The number of rotatable bonds is 8. The van der Waals surface area contributed by atoms with E-state index in [4.69, 9.17) is 4.74 Å². The second-order valence-electron chi connectivity index (χ2n) is 6.08. The molecule has 0 saturated heterocycles. The van der Waals surface area contributed by atoms with Crippen LogP contribution in [0.1, 0.15) is 10.8 Å². The topological polar surface area (TPSA) is 55.4 Å². The second-order valence-corrected chi connectivity index (χ2v) is 8.10. The van der Waals surface area contributed by atoms with Gasteiger partial charge in [0.25, 0.3) is 5.91 Å². The first-order chi connectivity index (χ1) is 14.2. The van der Waals surface area contributed by atoms with E-state index in [0.29, 0.717) is 5.69 Å². The number of nitrogens with one attached hydrogen (secondary N) is 1. The zero-order valence-electron chi connectivity index (χ0n) is 15.9. The van der Waals surface area contributed by atoms with Crippen LogP contribution >= 0.6 is 23.5 Å². The molecule has 0 spiro atoms. The van der Waals surface area contributed by atoms with Crippen molar-refractivity contribution >= 4 is 41.1 Å². The van der Waals surface area contributed by atoms with E-state index < -0.39 is 11.2 Å². The maximum atomic E-state index is 12.8. The van der Waals surface area contributed by atoms with Gasteiger partial charge >= 0.3 is 5.97 Å². The average molecular weight is 424 g/mol. The lowest BCUT2D eigenvalue weighted by atomic mass is 10.1. The van der Waals surface area contributed by atoms with Gasteiger partial charge in [-0.1, -0.05) is 60.7 Å². The Kier molecular flexibility index (Phi) is 7.78. The fourth-order valence-corrected chi connectivity index (χ4v) is 4.26. The standard InChI is InChI=1S/C23H21NO3S2/c1-28-20-15-9-8-14-19(20)24-21(25)16-27-23(26)22(17-10-4-2-5-11-17)29-18-12-6-3-7-13-18/h2-15,22H,16H2,1H3,(H,24,25). The lowest BCUT2D eigenvalue weighted by molar-refractivity contribution is -0.146. The number of para-hydroxylation sites is 1. The van der Waals surface area contributed by atoms with Gasteiger partial charge in [0.15, 0.2) is 6.61 Å². The van der Waals surface area contributed by atoms with Gasteiger partial charge in [0.2, 0.25) is 0 Å². The van der Waals surface area contributed by atoms with Crippen LogP contribution in [0, 0.1) is 0 Å². The Morgan fingerprint density at radius 3 is 2.21 bits per heavy atom. The van der Waals surface area contributed by atoms with E-state index in [1.54, 1.807) is 0 Å². The zero-order chi connectivity index (χ0) is 20.5. The molecule has 0 fully saturated rings. The van der Waals surface area contributed by atoms with Gasteiger partial charge in [-0.25, -0.2) is 0 Å². The Bertz CT molecular complexity index is 949. The van der Waals surface area contributed by atoms with Gasteiger partial charge in [-0.2, -0.15) is 0 Å². The first kappa shape index (κ1) is 21.0. The molecule has 0 heterocycles. The van der Waals surface area contributed by atoms with Gasteiger partial charge in [-0.3, -0.25) is 9.59 Å². The van der Waals surface area contributed by atoms with Gasteiger partial charge in [0.05, 0.1) is 5.69 Å². The van der Waals surface area contributed by atoms with E-state index in [2.05, 4.69) is 5.32 Å². The van der Waals surface area contributed by atoms with Crippen LogP contribution in [-0.2, 0) is 14.3 Å². The summed E-state index contributed by atoms with van der Waals surface area (Å²) in [5, 5.41) is 2.25. The van der Waals surface area contributed by atoms with E-state index in [-0.39, 0.29) is 12.5 Å². The second kappa shape index (κ2) is 10.7. The van der Waals surface area contributed by atoms with Crippen molar-refractivity contribution in [1.29, 1.82) is 0 Å². The molecule has 0 aliphatic carbocycles. The molecule has 1 amide bonds. The number of benzene rings is 3. The van der Waals surface area contributed by atoms with Crippen molar-refractivity contribution in [3.63, 3.8) is 0 Å². The summed E-state index contributed by atoms with van der Waals surface area (Å²) in [7, 11) is 0. The Balaban J connectivity index is 1.66. The zero-order valence-corrected chi connectivity index (χ0v) is 17.5. The number of anilines is 1. The average Bonchev–Trinajstić information content (AvgIpc) is 2.77. The third-order valence-corrected chi connectivity index (χ3v) is 6.08. The highest BCUT2D eigenvalue weighted by Crippen LogP contribution is 2.36. The van der Waals surface area contributed by atoms with E-state index in [0.717, 1.165) is 15.4 Å². The van der Waals surface area contributed by atoms with Crippen LogP contribution in [0.25, 0.3) is 0 Å². The number of hydrogen-bond donors (Lipinski definition) is 1. The number of carbonyl (C=O) groups excluding carboxylic acids is 2. The van der Waals surface area contributed by atoms with Crippen LogP contribution < -0.4 is 5.32 Å². The van der Waals surface area contributed by atoms with Crippen LogP contribution in [0.15, 0.2) is 94.7 Å². The van der Waals surface area contributed by atoms with Crippen LogP contribution in [-0.4, -0.2) is 24.7 Å². The van der Waals surface area contributed by atoms with E-state index >= 15 is 0 Å². The smallest absolute Gasteiger partial charge is 0.324 e. The number of hydrogen-bond acceptors (Lipinski definition) is 5. The molecule has 0 saturated carbocycles. The predicted molar refractivity (Wildman–Crippen MR) is 119 cm³/mol. The summed E-state index contributed by atoms with van der Waals surface area (Å²) >= 11 is 2.94. The third-order valence-electron chi connectivity index (χ3n) is 4.04. The Labute approximate surface area is 179 Å². The number of carbonyl (C=O) groups is 2. The quantitative estimate of drug-likeness (QED) is 0.387. The molecule has 0 aliphatic rings. The van der Waals surface area contributed by atoms with Crippen molar-refractivity contribution in [3.05, 3.63) is 90.5 Å². The van der Waals surface area contributed by atoms with Crippen molar-refractivity contribution in [1.82, 2.24) is 0 Å². The lowest BCUT2D eigenvalue weighted by Crippen LogP contribution is -2.23. The van der Waals surface area contributed by atoms with Crippen LogP contribution in [0.4, 0.5) is 5.69 Å². The predicted octanol–water partition coefficient (Wildman–Crippen LogP) is 5.42. The van der Waals surface area contributed by atoms with Crippen LogP contribution in [0.2, 0.25) is 0 Å². The molecule has 0 radical (unpaired) electrons. The van der Waals surface area contributed by atoms with Gasteiger partial charge < -0.3 is 10.1 Å². The summed E-state index contributed by atoms with van der Waals surface area (Å²) in [6.07, 6.45) is 1.94. The van der Waals surface area contributed by atoms with Gasteiger partial charge in [0.1, 0.15) is 5.25 Å². The monoisotopic (exact) mass is 423 g/mol. The van der Waals surface area contributed by atoms with Crippen molar-refractivity contribution in [3.8, 4) is 0 Å². The van der Waals surface area contributed by atoms with Crippen LogP contribution in [0.3, 0.4) is 0 Å². The minimum atomic E-state index is -0.551. The van der Waals surface area contributed by atoms with Gasteiger partial charge in [-0.05, 0) is 36.1 Å². The summed E-state index contributed by atoms with van der Waals surface area (Å²) < 4.78 is 5.36. The molecule has 6 heteroatoms. The molecule has 1 N–H and O–H groups in total. The largest absolute Gasteiger partial charge is 0.454 e. The molecule has 3 aromatic rings. The molecule has 29 heavy (non-hydrogen) atoms. The minimum Gasteiger partial charge on any atom is -0.454 e. The molecule has 3 aromatic carbocycles. The summed E-state index contributed by atoms with van der Waals surface area (Å²) in [4.78, 5) is 27.0. The maximum Gasteiger partial charge on any atom is 0.324 e. The number of amides is 1. The molecule has 1 atom stereocenters. The third kappa shape index (κ3) is 6.14. The first-order valence-electron chi connectivity index (χ1n) is 9.03. The summed E-state index contributed by atoms with van der Waals surface area (Å²) in [5.74, 6) is -0.810. The van der Waals surface area contributed by atoms with E-state index in [9.17, 15) is 9.59 Å². The summed E-state index contributed by atoms with van der Waals surface area (Å²) in [5.41, 5.74) is 1.54. The fraction of sp³-hybridized carbons (Fsp3) is 0.130. The molecular formula is C23H21NO3S2. The van der Waals surface area contributed by atoms with Crippen molar-refractivity contribution in [2.45, 2.75) is 15.0 Å². The van der Waals surface area contributed by atoms with Crippen molar-refractivity contribution in [2.24, 2.45) is 0 Å². The van der Waals surface area contributed by atoms with Crippen molar-refractivity contribution < 1.29 is 14.3 Å². The van der Waals surface area contributed by atoms with Gasteiger partial charge in [-0.15, -0.1) is 23.5 Å². The molecule has 0 aromatic heterocycles. The molecule has 148 valence electrons. The number of thioether (sulfide) groups is 2. The van der Waals surface area contributed by atoms with E-state index in [1.807, 2.05) is 91.2 Å². The highest BCUT2D eigenvalue weighted by molar-refractivity contribution is 8.00. The maximum absolute atomic E-state index is 12.8. The molecule has 3 rings (SSSR count). The van der Waals surface area contributed by atoms with E-state index in [1.165, 1.54) is 23.5 Å². The minimum absolute atomic E-state index is 0.333. The first-order valence-corrected chi connectivity index (χ1v) is 11.1. The van der Waals surface area contributed by atoms with Crippen LogP contribution in [0.5, 0.6) is 0 Å². The highest BCUT2D eigenvalue weighted by Gasteiger charge is 2.24. The SMILES string of the molecule is CSc1ccccc1NC(=O)COC(=O)C(Sc1ccccc1)c1ccccc1. The lowest BCUT2D eigenvalue weighted by Gasteiger charge is -2.16. The van der Waals surface area contributed by atoms with Crippen molar-refractivity contribution in [2.75, 3.05) is 18.2 Å². The Hall–Kier alpha value is -2.70. The summed E-state index contributed by atoms with van der Waals surface area (Å²) in [6.45, 7) is -0.333. The number of esters is 1. The van der Waals surface area contributed by atoms with Gasteiger partial charge in [0, 0.05) is 9.79 Å². The summed E-state index contributed by atoms with van der Waals surface area (Å²) in [6, 6.07) is 26.6.